The molecular formula is C22H17F3N2O3. The minimum absolute atomic E-state index is 0.0192. The van der Waals surface area contributed by atoms with Crippen molar-refractivity contribution >= 4 is 17.4 Å². The Bertz CT molecular complexity index is 1130. The second-order valence-electron chi connectivity index (χ2n) is 6.64. The number of alkyl halides is 3. The molecule has 0 saturated carbocycles. The average molecular weight is 414 g/mol. The number of amides is 1. The zero-order chi connectivity index (χ0) is 21.9. The maximum Gasteiger partial charge on any atom is 0.416 e. The molecule has 5 nitrogen and oxygen atoms in total. The van der Waals surface area contributed by atoms with Crippen LogP contribution in [0.2, 0.25) is 0 Å². The van der Waals surface area contributed by atoms with Crippen LogP contribution in [0.3, 0.4) is 0 Å². The molecule has 0 unspecified atom stereocenters. The van der Waals surface area contributed by atoms with Crippen molar-refractivity contribution in [2.75, 3.05) is 5.32 Å². The molecule has 1 aromatic heterocycles. The van der Waals surface area contributed by atoms with Crippen molar-refractivity contribution in [3.63, 3.8) is 0 Å². The first-order valence-electron chi connectivity index (χ1n) is 8.93. The highest BCUT2D eigenvalue weighted by Gasteiger charge is 2.29. The van der Waals surface area contributed by atoms with Gasteiger partial charge in [0.15, 0.2) is 5.78 Å². The number of hydrogen-bond acceptors (Lipinski definition) is 3. The van der Waals surface area contributed by atoms with Gasteiger partial charge in [0, 0.05) is 17.4 Å². The second kappa shape index (κ2) is 8.36. The zero-order valence-corrected chi connectivity index (χ0v) is 15.9. The molecule has 0 saturated heterocycles. The summed E-state index contributed by atoms with van der Waals surface area (Å²) in [6.45, 7) is 1.45. The van der Waals surface area contributed by atoms with E-state index >= 15 is 0 Å². The highest BCUT2D eigenvalue weighted by molar-refractivity contribution is 6.04. The number of halogens is 3. The van der Waals surface area contributed by atoms with Crippen LogP contribution in [0.4, 0.5) is 18.9 Å². The number of benzene rings is 2. The number of Topliss-reactive ketones (excluding diaryl/α,β-unsaturated/α-hetero) is 1. The van der Waals surface area contributed by atoms with Crippen molar-refractivity contribution in [1.82, 2.24) is 4.57 Å². The van der Waals surface area contributed by atoms with Gasteiger partial charge >= 0.3 is 6.18 Å². The fourth-order valence-corrected chi connectivity index (χ4v) is 2.82. The molecule has 1 N–H and O–H groups in total. The Morgan fingerprint density at radius 3 is 2.17 bits per heavy atom. The predicted molar refractivity (Wildman–Crippen MR) is 106 cm³/mol. The van der Waals surface area contributed by atoms with E-state index < -0.39 is 23.2 Å². The van der Waals surface area contributed by atoms with Gasteiger partial charge in [0.25, 0.3) is 11.5 Å². The van der Waals surface area contributed by atoms with Gasteiger partial charge in [0.05, 0.1) is 12.1 Å². The first kappa shape index (κ1) is 21.0. The lowest BCUT2D eigenvalue weighted by Crippen LogP contribution is -2.29. The molecule has 1 heterocycles. The summed E-state index contributed by atoms with van der Waals surface area (Å²) in [4.78, 5) is 36.5. The van der Waals surface area contributed by atoms with E-state index in [1.165, 1.54) is 42.0 Å². The van der Waals surface area contributed by atoms with Crippen LogP contribution in [-0.4, -0.2) is 16.3 Å². The summed E-state index contributed by atoms with van der Waals surface area (Å²) in [5.74, 6) is -0.737. The summed E-state index contributed by atoms with van der Waals surface area (Å²) < 4.78 is 39.3. The highest BCUT2D eigenvalue weighted by Crippen LogP contribution is 2.29. The molecule has 8 heteroatoms. The molecule has 0 radical (unpaired) electrons. The number of aromatic nitrogens is 1. The first-order chi connectivity index (χ1) is 14.1. The Balaban J connectivity index is 1.78. The number of pyridine rings is 1. The van der Waals surface area contributed by atoms with Crippen LogP contribution in [0.15, 0.2) is 71.7 Å². The van der Waals surface area contributed by atoms with Gasteiger partial charge in [-0.25, -0.2) is 0 Å². The molecule has 0 spiro atoms. The van der Waals surface area contributed by atoms with Crippen LogP contribution in [-0.2, 0) is 12.7 Å². The molecule has 0 aliphatic rings. The predicted octanol–water partition coefficient (Wildman–Crippen LogP) is 4.37. The van der Waals surface area contributed by atoms with Gasteiger partial charge in [-0.1, -0.05) is 12.1 Å². The van der Waals surface area contributed by atoms with E-state index in [1.807, 2.05) is 0 Å². The van der Waals surface area contributed by atoms with Gasteiger partial charge in [-0.2, -0.15) is 13.2 Å². The number of rotatable bonds is 5. The lowest BCUT2D eigenvalue weighted by atomic mass is 10.1. The summed E-state index contributed by atoms with van der Waals surface area (Å²) in [7, 11) is 0. The van der Waals surface area contributed by atoms with E-state index in [9.17, 15) is 27.6 Å². The average Bonchev–Trinajstić information content (AvgIpc) is 2.69. The van der Waals surface area contributed by atoms with Crippen LogP contribution in [0, 0.1) is 0 Å². The van der Waals surface area contributed by atoms with Crippen molar-refractivity contribution in [2.24, 2.45) is 0 Å². The Morgan fingerprint density at radius 1 is 0.967 bits per heavy atom. The number of hydrogen-bond donors (Lipinski definition) is 1. The van der Waals surface area contributed by atoms with E-state index in [0.717, 1.165) is 12.1 Å². The van der Waals surface area contributed by atoms with Gasteiger partial charge in [-0.3, -0.25) is 14.4 Å². The maximum atomic E-state index is 12.7. The van der Waals surface area contributed by atoms with Crippen molar-refractivity contribution in [2.45, 2.75) is 19.6 Å². The van der Waals surface area contributed by atoms with E-state index in [1.54, 1.807) is 24.3 Å². The molecule has 0 aliphatic carbocycles. The third-order valence-electron chi connectivity index (χ3n) is 4.45. The summed E-state index contributed by atoms with van der Waals surface area (Å²) in [5.41, 5.74) is -0.0607. The van der Waals surface area contributed by atoms with Gasteiger partial charge in [-0.15, -0.1) is 0 Å². The molecule has 3 rings (SSSR count). The van der Waals surface area contributed by atoms with E-state index in [-0.39, 0.29) is 17.9 Å². The lowest BCUT2D eigenvalue weighted by Gasteiger charge is -2.11. The molecule has 154 valence electrons. The number of carbonyl (C=O) groups is 2. The lowest BCUT2D eigenvalue weighted by molar-refractivity contribution is -0.137. The fraction of sp³-hybridized carbons (Fsp3) is 0.136. The van der Waals surface area contributed by atoms with Gasteiger partial charge in [-0.05, 0) is 61.0 Å². The Labute approximate surface area is 169 Å². The van der Waals surface area contributed by atoms with Crippen molar-refractivity contribution in [1.29, 1.82) is 0 Å². The van der Waals surface area contributed by atoms with Crippen molar-refractivity contribution < 1.29 is 22.8 Å². The molecule has 0 bridgehead atoms. The number of carbonyl (C=O) groups excluding carboxylic acids is 2. The minimum atomic E-state index is -4.43. The van der Waals surface area contributed by atoms with E-state index in [0.29, 0.717) is 16.8 Å². The van der Waals surface area contributed by atoms with E-state index in [4.69, 9.17) is 0 Å². The molecule has 30 heavy (non-hydrogen) atoms. The van der Waals surface area contributed by atoms with Gasteiger partial charge < -0.3 is 9.88 Å². The Morgan fingerprint density at radius 2 is 1.60 bits per heavy atom. The third-order valence-corrected chi connectivity index (χ3v) is 4.45. The summed E-state index contributed by atoms with van der Waals surface area (Å²) in [5, 5.41) is 2.59. The van der Waals surface area contributed by atoms with Crippen LogP contribution in [0.1, 0.15) is 38.8 Å². The molecule has 0 atom stereocenters. The maximum absolute atomic E-state index is 12.7. The van der Waals surface area contributed by atoms with Crippen molar-refractivity contribution in [3.8, 4) is 0 Å². The monoisotopic (exact) mass is 414 g/mol. The quantitative estimate of drug-likeness (QED) is 0.631. The molecule has 1 amide bonds. The summed E-state index contributed by atoms with van der Waals surface area (Å²) >= 11 is 0. The normalized spacial score (nSPS) is 11.2. The number of nitrogens with zero attached hydrogens (tertiary/aromatic N) is 1. The van der Waals surface area contributed by atoms with Crippen LogP contribution < -0.4 is 10.9 Å². The Hall–Kier alpha value is -3.68. The summed E-state index contributed by atoms with van der Waals surface area (Å²) in [6.07, 6.45) is -2.98. The zero-order valence-electron chi connectivity index (χ0n) is 15.9. The highest BCUT2D eigenvalue weighted by atomic mass is 19.4. The number of ketones is 1. The van der Waals surface area contributed by atoms with Crippen LogP contribution in [0.25, 0.3) is 0 Å². The third kappa shape index (κ3) is 4.83. The fourth-order valence-electron chi connectivity index (χ4n) is 2.82. The minimum Gasteiger partial charge on any atom is -0.322 e. The molecule has 0 fully saturated rings. The molecule has 2 aromatic carbocycles. The summed E-state index contributed by atoms with van der Waals surface area (Å²) in [6, 6.07) is 13.6. The number of nitrogens with one attached hydrogen (secondary N) is 1. The molecule has 3 aromatic rings. The van der Waals surface area contributed by atoms with Gasteiger partial charge in [0.1, 0.15) is 5.56 Å². The molecule has 0 aliphatic heterocycles. The first-order valence-corrected chi connectivity index (χ1v) is 8.93. The Kier molecular flexibility index (Phi) is 5.86. The standard InChI is InChI=1S/C22H17F3N2O3/c1-14(28)16-6-10-18(11-7-16)26-20(29)19-3-2-12-27(21(19)30)13-15-4-8-17(9-5-15)22(23,24)25/h2-12H,13H2,1H3,(H,26,29). The smallest absolute Gasteiger partial charge is 0.322 e. The van der Waals surface area contributed by atoms with Gasteiger partial charge in [0.2, 0.25) is 0 Å². The SMILES string of the molecule is CC(=O)c1ccc(NC(=O)c2cccn(Cc3ccc(C(F)(F)F)cc3)c2=O)cc1. The second-order valence-corrected chi connectivity index (χ2v) is 6.64. The van der Waals surface area contributed by atoms with E-state index in [2.05, 4.69) is 5.32 Å². The van der Waals surface area contributed by atoms with Crippen molar-refractivity contribution in [3.05, 3.63) is 99.5 Å². The topological polar surface area (TPSA) is 68.2 Å². The number of anilines is 1. The van der Waals surface area contributed by atoms with Crippen LogP contribution >= 0.6 is 0 Å². The molecular weight excluding hydrogens is 397 g/mol. The van der Waals surface area contributed by atoms with Crippen LogP contribution in [0.5, 0.6) is 0 Å². The largest absolute Gasteiger partial charge is 0.416 e.